The predicted molar refractivity (Wildman–Crippen MR) is 62.1 cm³/mol. The molecule has 0 amide bonds. The molecule has 3 nitrogen and oxygen atoms in total. The Bertz CT molecular complexity index is 382. The van der Waals surface area contributed by atoms with Crippen LogP contribution >= 0.6 is 0 Å². The first kappa shape index (κ1) is 10.4. The van der Waals surface area contributed by atoms with Gasteiger partial charge in [-0.15, -0.1) is 0 Å². The van der Waals surface area contributed by atoms with Crippen molar-refractivity contribution in [3.63, 3.8) is 0 Å². The largest absolute Gasteiger partial charge is 0.497 e. The summed E-state index contributed by atoms with van der Waals surface area (Å²) in [7, 11) is 0.210. The highest BCUT2D eigenvalue weighted by Crippen LogP contribution is 2.35. The van der Waals surface area contributed by atoms with E-state index in [9.17, 15) is 0 Å². The minimum atomic E-state index is -1.49. The van der Waals surface area contributed by atoms with Gasteiger partial charge in [-0.05, 0) is 12.1 Å². The summed E-state index contributed by atoms with van der Waals surface area (Å²) in [4.78, 5) is 0. The molecule has 0 aromatic heterocycles. The van der Waals surface area contributed by atoms with Crippen molar-refractivity contribution in [2.45, 2.75) is 19.6 Å². The number of hydrogen-bond acceptors (Lipinski definition) is 3. The Balaban J connectivity index is 2.63. The molecule has 0 unspecified atom stereocenters. The van der Waals surface area contributed by atoms with Crippen molar-refractivity contribution < 1.29 is 14.2 Å². The Morgan fingerprint density at radius 1 is 1.20 bits per heavy atom. The molecular formula is C11H16O3Si. The van der Waals surface area contributed by atoms with Gasteiger partial charge in [0.25, 0.3) is 0 Å². The Morgan fingerprint density at radius 2 is 1.93 bits per heavy atom. The summed E-state index contributed by atoms with van der Waals surface area (Å²) in [6, 6.07) is 3.87. The summed E-state index contributed by atoms with van der Waals surface area (Å²) in [6.45, 7) is 7.13. The van der Waals surface area contributed by atoms with Gasteiger partial charge in [0, 0.05) is 5.19 Å². The average molecular weight is 224 g/mol. The predicted octanol–water partition coefficient (Wildman–Crippen LogP) is 1.97. The maximum absolute atomic E-state index is 5.53. The minimum Gasteiger partial charge on any atom is -0.497 e. The molecule has 0 N–H and O–H groups in total. The van der Waals surface area contributed by atoms with Crippen LogP contribution in [0.4, 0.5) is 0 Å². The molecule has 0 spiro atoms. The van der Waals surface area contributed by atoms with E-state index in [2.05, 4.69) is 19.6 Å². The second-order valence-corrected chi connectivity index (χ2v) is 9.63. The first-order valence-electron chi connectivity index (χ1n) is 5.01. The molecule has 0 bridgehead atoms. The molecule has 0 saturated carbocycles. The van der Waals surface area contributed by atoms with Gasteiger partial charge in [-0.2, -0.15) is 0 Å². The maximum atomic E-state index is 5.53. The molecule has 1 aliphatic rings. The summed E-state index contributed by atoms with van der Waals surface area (Å²) in [5, 5.41) is 1.21. The first-order valence-corrected chi connectivity index (χ1v) is 8.51. The van der Waals surface area contributed by atoms with Crippen LogP contribution in [-0.2, 0) is 0 Å². The lowest BCUT2D eigenvalue weighted by Crippen LogP contribution is -2.39. The van der Waals surface area contributed by atoms with E-state index in [-0.39, 0.29) is 0 Å². The van der Waals surface area contributed by atoms with Crippen molar-refractivity contribution >= 4 is 13.3 Å². The summed E-state index contributed by atoms with van der Waals surface area (Å²) in [5.74, 6) is 2.64. The molecule has 2 rings (SSSR count). The van der Waals surface area contributed by atoms with E-state index in [0.29, 0.717) is 6.79 Å². The van der Waals surface area contributed by atoms with Gasteiger partial charge < -0.3 is 14.2 Å². The molecule has 82 valence electrons. The van der Waals surface area contributed by atoms with Crippen LogP contribution < -0.4 is 19.4 Å². The van der Waals surface area contributed by atoms with Crippen molar-refractivity contribution in [3.05, 3.63) is 12.1 Å². The molecule has 0 saturated heterocycles. The molecule has 15 heavy (non-hydrogen) atoms. The van der Waals surface area contributed by atoms with E-state index < -0.39 is 8.07 Å². The normalized spacial score (nSPS) is 14.1. The van der Waals surface area contributed by atoms with Crippen LogP contribution in [0.5, 0.6) is 17.2 Å². The van der Waals surface area contributed by atoms with Gasteiger partial charge in [0.05, 0.1) is 15.2 Å². The van der Waals surface area contributed by atoms with Gasteiger partial charge in [-0.3, -0.25) is 0 Å². The molecule has 0 aliphatic carbocycles. The van der Waals surface area contributed by atoms with Crippen molar-refractivity contribution in [2.75, 3.05) is 13.9 Å². The Labute approximate surface area is 91.0 Å². The van der Waals surface area contributed by atoms with Crippen LogP contribution in [0.3, 0.4) is 0 Å². The van der Waals surface area contributed by atoms with Gasteiger partial charge in [0.1, 0.15) is 5.75 Å². The molecule has 1 aromatic carbocycles. The number of fused-ring (bicyclic) bond motifs is 1. The van der Waals surface area contributed by atoms with Gasteiger partial charge in [-0.25, -0.2) is 0 Å². The minimum absolute atomic E-state index is 0.319. The summed E-state index contributed by atoms with van der Waals surface area (Å²) < 4.78 is 16.3. The molecular weight excluding hydrogens is 208 g/mol. The Kier molecular flexibility index (Phi) is 2.38. The van der Waals surface area contributed by atoms with Crippen molar-refractivity contribution in [1.82, 2.24) is 0 Å². The molecule has 1 aromatic rings. The van der Waals surface area contributed by atoms with E-state index in [1.165, 1.54) is 5.19 Å². The zero-order valence-corrected chi connectivity index (χ0v) is 10.6. The Morgan fingerprint density at radius 3 is 2.53 bits per heavy atom. The average Bonchev–Trinajstić information content (AvgIpc) is 2.61. The highest BCUT2D eigenvalue weighted by molar-refractivity contribution is 6.90. The van der Waals surface area contributed by atoms with Crippen molar-refractivity contribution in [2.24, 2.45) is 0 Å². The zero-order valence-electron chi connectivity index (χ0n) is 9.59. The lowest BCUT2D eigenvalue weighted by molar-refractivity contribution is 0.174. The second-order valence-electron chi connectivity index (χ2n) is 4.63. The standard InChI is InChI=1S/C11H16O3Si/c1-12-9-6-5-8-10(14-7-13-8)11(9)15(2,3)4/h5-6H,7H2,1-4H3. The topological polar surface area (TPSA) is 27.7 Å². The third-order valence-corrected chi connectivity index (χ3v) is 4.44. The highest BCUT2D eigenvalue weighted by atomic mass is 28.3. The van der Waals surface area contributed by atoms with E-state index in [0.717, 1.165) is 17.2 Å². The number of rotatable bonds is 2. The third kappa shape index (κ3) is 1.69. The van der Waals surface area contributed by atoms with Crippen LogP contribution in [0.15, 0.2) is 12.1 Å². The van der Waals surface area contributed by atoms with Crippen LogP contribution in [0.25, 0.3) is 0 Å². The smallest absolute Gasteiger partial charge is 0.231 e. The number of methoxy groups -OCH3 is 1. The lowest BCUT2D eigenvalue weighted by Gasteiger charge is -2.21. The van der Waals surface area contributed by atoms with Crippen molar-refractivity contribution in [3.8, 4) is 17.2 Å². The van der Waals surface area contributed by atoms with Gasteiger partial charge >= 0.3 is 0 Å². The van der Waals surface area contributed by atoms with Gasteiger partial charge in [0.15, 0.2) is 11.5 Å². The zero-order chi connectivity index (χ0) is 11.1. The quantitative estimate of drug-likeness (QED) is 0.719. The van der Waals surface area contributed by atoms with Crippen molar-refractivity contribution in [1.29, 1.82) is 0 Å². The lowest BCUT2D eigenvalue weighted by atomic mass is 10.3. The van der Waals surface area contributed by atoms with Gasteiger partial charge in [0.2, 0.25) is 6.79 Å². The first-order chi connectivity index (χ1) is 7.04. The summed E-state index contributed by atoms with van der Waals surface area (Å²) in [5.41, 5.74) is 0. The van der Waals surface area contributed by atoms with E-state index >= 15 is 0 Å². The second kappa shape index (κ2) is 3.45. The van der Waals surface area contributed by atoms with Crippen LogP contribution in [0.1, 0.15) is 0 Å². The number of ether oxygens (including phenoxy) is 3. The highest BCUT2D eigenvalue weighted by Gasteiger charge is 2.30. The molecule has 1 aliphatic heterocycles. The fourth-order valence-corrected chi connectivity index (χ4v) is 3.64. The van der Waals surface area contributed by atoms with Crippen LogP contribution in [-0.4, -0.2) is 22.0 Å². The summed E-state index contributed by atoms with van der Waals surface area (Å²) in [6.07, 6.45) is 0. The fraction of sp³-hybridized carbons (Fsp3) is 0.455. The van der Waals surface area contributed by atoms with E-state index in [4.69, 9.17) is 14.2 Å². The molecule has 0 atom stereocenters. The van der Waals surface area contributed by atoms with Crippen LogP contribution in [0.2, 0.25) is 19.6 Å². The summed E-state index contributed by atoms with van der Waals surface area (Å²) >= 11 is 0. The molecule has 0 radical (unpaired) electrons. The Hall–Kier alpha value is -1.16. The van der Waals surface area contributed by atoms with Gasteiger partial charge in [-0.1, -0.05) is 19.6 Å². The van der Waals surface area contributed by atoms with Crippen LogP contribution in [0, 0.1) is 0 Å². The molecule has 1 heterocycles. The molecule has 4 heteroatoms. The van der Waals surface area contributed by atoms with E-state index in [1.54, 1.807) is 7.11 Å². The monoisotopic (exact) mass is 224 g/mol. The third-order valence-electron chi connectivity index (χ3n) is 2.47. The SMILES string of the molecule is COc1ccc2c(c1[Si](C)(C)C)OCO2. The number of hydrogen-bond donors (Lipinski definition) is 0. The van der Waals surface area contributed by atoms with E-state index in [1.807, 2.05) is 12.1 Å². The maximum Gasteiger partial charge on any atom is 0.231 e. The number of benzene rings is 1. The fourth-order valence-electron chi connectivity index (χ4n) is 1.83. The molecule has 0 fully saturated rings.